The minimum absolute atomic E-state index is 0.283. The molecule has 0 bridgehead atoms. The molecule has 2 aromatic rings. The van der Waals surface area contributed by atoms with Crippen molar-refractivity contribution < 1.29 is 4.79 Å². The van der Waals surface area contributed by atoms with E-state index in [4.69, 9.17) is 0 Å². The number of rotatable bonds is 5. The molecule has 0 saturated heterocycles. The van der Waals surface area contributed by atoms with Gasteiger partial charge in [0.05, 0.1) is 0 Å². The first-order valence-electron chi connectivity index (χ1n) is 5.90. The summed E-state index contributed by atoms with van der Waals surface area (Å²) in [6.07, 6.45) is 4.84. The summed E-state index contributed by atoms with van der Waals surface area (Å²) in [7, 11) is 0. The van der Waals surface area contributed by atoms with Gasteiger partial charge in [0.15, 0.2) is 0 Å². The molecule has 0 spiro atoms. The largest absolute Gasteiger partial charge is 0.347 e. The second-order valence-corrected chi connectivity index (χ2v) is 5.29. The molecule has 17 heavy (non-hydrogen) atoms. The van der Waals surface area contributed by atoms with Crippen LogP contribution in [0.25, 0.3) is 10.9 Å². The van der Waals surface area contributed by atoms with E-state index in [1.54, 1.807) is 6.92 Å². The van der Waals surface area contributed by atoms with Crippen molar-refractivity contribution in [1.82, 2.24) is 4.57 Å². The lowest BCUT2D eigenvalue weighted by Gasteiger charge is -2.05. The van der Waals surface area contributed by atoms with Gasteiger partial charge in [-0.25, -0.2) is 0 Å². The molecule has 0 radical (unpaired) electrons. The van der Waals surface area contributed by atoms with E-state index in [2.05, 4.69) is 51.0 Å². The Morgan fingerprint density at radius 1 is 1.29 bits per heavy atom. The quantitative estimate of drug-likeness (QED) is 0.759. The predicted octanol–water partition coefficient (Wildman–Crippen LogP) is 4.16. The average molecular weight is 294 g/mol. The Hall–Kier alpha value is -1.09. The van der Waals surface area contributed by atoms with Gasteiger partial charge in [0.25, 0.3) is 0 Å². The van der Waals surface area contributed by atoms with Crippen LogP contribution in [0.2, 0.25) is 0 Å². The normalized spacial score (nSPS) is 10.9. The zero-order valence-electron chi connectivity index (χ0n) is 9.95. The molecule has 0 aliphatic rings. The first-order chi connectivity index (χ1) is 8.16. The fourth-order valence-corrected chi connectivity index (χ4v) is 2.36. The topological polar surface area (TPSA) is 22.0 Å². The maximum absolute atomic E-state index is 10.8. The molecule has 1 heterocycles. The summed E-state index contributed by atoms with van der Waals surface area (Å²) in [5.41, 5.74) is 1.25. The van der Waals surface area contributed by atoms with Crippen LogP contribution in [0.4, 0.5) is 0 Å². The molecule has 3 heteroatoms. The molecular formula is C14H16BrNO. The maximum atomic E-state index is 10.8. The van der Waals surface area contributed by atoms with Gasteiger partial charge in [0.2, 0.25) is 0 Å². The number of aromatic nitrogens is 1. The van der Waals surface area contributed by atoms with Crippen LogP contribution >= 0.6 is 15.9 Å². The van der Waals surface area contributed by atoms with Gasteiger partial charge >= 0.3 is 0 Å². The summed E-state index contributed by atoms with van der Waals surface area (Å²) in [4.78, 5) is 10.8. The first kappa shape index (κ1) is 12.4. The molecule has 0 unspecified atom stereocenters. The Morgan fingerprint density at radius 3 is 2.88 bits per heavy atom. The molecule has 0 aliphatic carbocycles. The molecule has 1 aromatic heterocycles. The summed E-state index contributed by atoms with van der Waals surface area (Å²) in [5.74, 6) is 0.283. The number of carbonyl (C=O) groups excluding carboxylic acids is 1. The van der Waals surface area contributed by atoms with E-state index in [0.717, 1.165) is 23.9 Å². The number of carbonyl (C=O) groups is 1. The number of benzene rings is 1. The highest BCUT2D eigenvalue weighted by molar-refractivity contribution is 9.10. The predicted molar refractivity (Wildman–Crippen MR) is 74.2 cm³/mol. The maximum Gasteiger partial charge on any atom is 0.129 e. The van der Waals surface area contributed by atoms with E-state index in [1.807, 2.05) is 0 Å². The minimum Gasteiger partial charge on any atom is -0.347 e. The van der Waals surface area contributed by atoms with Crippen LogP contribution < -0.4 is 0 Å². The van der Waals surface area contributed by atoms with Crippen LogP contribution in [0.5, 0.6) is 0 Å². The van der Waals surface area contributed by atoms with E-state index in [1.165, 1.54) is 10.9 Å². The van der Waals surface area contributed by atoms with Crippen molar-refractivity contribution >= 4 is 32.6 Å². The summed E-state index contributed by atoms with van der Waals surface area (Å²) < 4.78 is 3.36. The molecule has 0 fully saturated rings. The zero-order valence-corrected chi connectivity index (χ0v) is 11.5. The number of fused-ring (bicyclic) bond motifs is 1. The monoisotopic (exact) mass is 293 g/mol. The zero-order chi connectivity index (χ0) is 12.3. The third-order valence-corrected chi connectivity index (χ3v) is 3.41. The van der Waals surface area contributed by atoms with Crippen LogP contribution in [-0.4, -0.2) is 10.4 Å². The van der Waals surface area contributed by atoms with Gasteiger partial charge in [-0.3, -0.25) is 0 Å². The molecule has 2 nitrogen and oxygen atoms in total. The standard InChI is InChI=1S/C14H16BrNO/c1-11(17)4-2-3-8-16-9-7-12-5-6-13(15)10-14(12)16/h5-7,9-10H,2-4,8H2,1H3. The Bertz CT molecular complexity index is 530. The van der Waals surface area contributed by atoms with Crippen LogP contribution in [-0.2, 0) is 11.3 Å². The second-order valence-electron chi connectivity index (χ2n) is 4.37. The Kier molecular flexibility index (Phi) is 4.00. The molecule has 1 aromatic carbocycles. The van der Waals surface area contributed by atoms with Gasteiger partial charge in [-0.15, -0.1) is 0 Å². The highest BCUT2D eigenvalue weighted by Gasteiger charge is 2.01. The van der Waals surface area contributed by atoms with Crippen molar-refractivity contribution in [3.8, 4) is 0 Å². The smallest absolute Gasteiger partial charge is 0.129 e. The number of halogens is 1. The third-order valence-electron chi connectivity index (χ3n) is 2.91. The van der Waals surface area contributed by atoms with E-state index in [9.17, 15) is 4.79 Å². The SMILES string of the molecule is CC(=O)CCCCn1ccc2ccc(Br)cc21. The van der Waals surface area contributed by atoms with Crippen LogP contribution in [0.3, 0.4) is 0 Å². The molecule has 2 rings (SSSR count). The molecule has 0 amide bonds. The molecule has 0 atom stereocenters. The number of unbranched alkanes of at least 4 members (excludes halogenated alkanes) is 1. The van der Waals surface area contributed by atoms with Gasteiger partial charge in [-0.1, -0.05) is 22.0 Å². The van der Waals surface area contributed by atoms with Crippen molar-refractivity contribution in [2.45, 2.75) is 32.7 Å². The average Bonchev–Trinajstić information content (AvgIpc) is 2.67. The number of hydrogen-bond donors (Lipinski definition) is 0. The van der Waals surface area contributed by atoms with Crippen molar-refractivity contribution in [2.24, 2.45) is 0 Å². The van der Waals surface area contributed by atoms with Crippen molar-refractivity contribution in [3.63, 3.8) is 0 Å². The first-order valence-corrected chi connectivity index (χ1v) is 6.70. The minimum atomic E-state index is 0.283. The van der Waals surface area contributed by atoms with E-state index < -0.39 is 0 Å². The summed E-state index contributed by atoms with van der Waals surface area (Å²) >= 11 is 3.49. The van der Waals surface area contributed by atoms with Crippen LogP contribution in [0, 0.1) is 0 Å². The highest BCUT2D eigenvalue weighted by atomic mass is 79.9. The van der Waals surface area contributed by atoms with Crippen molar-refractivity contribution in [1.29, 1.82) is 0 Å². The number of nitrogens with zero attached hydrogens (tertiary/aromatic N) is 1. The fourth-order valence-electron chi connectivity index (χ4n) is 2.01. The van der Waals surface area contributed by atoms with Crippen LogP contribution in [0.1, 0.15) is 26.2 Å². The second kappa shape index (κ2) is 5.50. The van der Waals surface area contributed by atoms with Crippen molar-refractivity contribution in [2.75, 3.05) is 0 Å². The van der Waals surface area contributed by atoms with Gasteiger partial charge in [0.1, 0.15) is 5.78 Å². The Morgan fingerprint density at radius 2 is 2.12 bits per heavy atom. The summed E-state index contributed by atoms with van der Waals surface area (Å²) in [5, 5.41) is 1.26. The van der Waals surface area contributed by atoms with E-state index in [0.29, 0.717) is 6.42 Å². The number of Topliss-reactive ketones (excluding diaryl/α,β-unsaturated/α-hetero) is 1. The van der Waals surface area contributed by atoms with Gasteiger partial charge in [-0.05, 0) is 43.4 Å². The molecule has 0 N–H and O–H groups in total. The van der Waals surface area contributed by atoms with E-state index in [-0.39, 0.29) is 5.78 Å². The molecular weight excluding hydrogens is 278 g/mol. The molecule has 0 aliphatic heterocycles. The number of hydrogen-bond acceptors (Lipinski definition) is 1. The van der Waals surface area contributed by atoms with Crippen LogP contribution in [0.15, 0.2) is 34.9 Å². The van der Waals surface area contributed by atoms with Crippen molar-refractivity contribution in [3.05, 3.63) is 34.9 Å². The summed E-state index contributed by atoms with van der Waals surface area (Å²) in [6, 6.07) is 8.45. The van der Waals surface area contributed by atoms with E-state index >= 15 is 0 Å². The lowest BCUT2D eigenvalue weighted by molar-refractivity contribution is -0.117. The third kappa shape index (κ3) is 3.19. The molecule has 90 valence electrons. The lowest BCUT2D eigenvalue weighted by Crippen LogP contribution is -1.97. The highest BCUT2D eigenvalue weighted by Crippen LogP contribution is 2.21. The number of aryl methyl sites for hydroxylation is 1. The molecule has 0 saturated carbocycles. The Balaban J connectivity index is 2.03. The van der Waals surface area contributed by atoms with Gasteiger partial charge in [0, 0.05) is 29.2 Å². The lowest BCUT2D eigenvalue weighted by atomic mass is 10.2. The Labute approximate surface area is 110 Å². The summed E-state index contributed by atoms with van der Waals surface area (Å²) in [6.45, 7) is 2.63. The van der Waals surface area contributed by atoms with Gasteiger partial charge < -0.3 is 9.36 Å². The fraction of sp³-hybridized carbons (Fsp3) is 0.357. The van der Waals surface area contributed by atoms with Gasteiger partial charge in [-0.2, -0.15) is 0 Å². The number of ketones is 1.